The van der Waals surface area contributed by atoms with E-state index in [1.807, 2.05) is 52.0 Å². The molecule has 0 amide bonds. The van der Waals surface area contributed by atoms with E-state index in [2.05, 4.69) is 19.9 Å². The molecule has 0 aliphatic carbocycles. The third-order valence-electron chi connectivity index (χ3n) is 13.9. The van der Waals surface area contributed by atoms with Gasteiger partial charge in [0, 0.05) is 12.8 Å². The Bertz CT molecular complexity index is 2090. The molecule has 7 N–H and O–H groups in total. The molecule has 0 bridgehead atoms. The molecule has 7 rings (SSSR count). The standard InChI is InChI=1S/C50H72O15/c1-9-26(4)43(53)49-38(64-49)19-24(2)11-10-12-27(5)32-20-33(51)41-37(21-32)62-36-16-15-31(45(55)42(36)41)14-13-25(3)23-58-50-47(57)46(56)48(30(8)61-50)65-39-18-17-35(28(6)59-39)63-40-22-34(52)44(54)29(7)60-40/h10-12,15-16,20-21,24-26,28-30,34-35,38-40,43-44,46-57H,9,13-14,17-19,22-23H2,1-8H3/t24-,25-,26-,28+,29-,30+,34-,35+,38+,39-,40+,43-,44-,46+,47-,48+,49-,50-/m1/s1. The largest absolute Gasteiger partial charge is 0.507 e. The summed E-state index contributed by atoms with van der Waals surface area (Å²) < 4.78 is 48.0. The average Bonchev–Trinajstić information content (AvgIpc) is 3.92. The number of benzene rings is 2. The molecule has 15 nitrogen and oxygen atoms in total. The fraction of sp³-hybridized carbons (Fsp3) is 0.680. The first-order chi connectivity index (χ1) is 30.9. The second kappa shape index (κ2) is 21.4. The number of aryl methyl sites for hydroxylation is 1. The van der Waals surface area contributed by atoms with Crippen LogP contribution in [0.25, 0.3) is 27.5 Å². The van der Waals surface area contributed by atoms with Crippen molar-refractivity contribution in [2.45, 2.75) is 192 Å². The minimum atomic E-state index is -1.38. The fourth-order valence-corrected chi connectivity index (χ4v) is 9.33. The molecular weight excluding hydrogens is 841 g/mol. The second-order valence-corrected chi connectivity index (χ2v) is 19.2. The summed E-state index contributed by atoms with van der Waals surface area (Å²) in [6.07, 6.45) is -0.0914. The van der Waals surface area contributed by atoms with E-state index in [1.54, 1.807) is 26.0 Å². The number of furan rings is 1. The molecule has 4 aliphatic heterocycles. The Morgan fingerprint density at radius 1 is 0.846 bits per heavy atom. The van der Waals surface area contributed by atoms with E-state index in [0.29, 0.717) is 53.2 Å². The number of allylic oxidation sites excluding steroid dienone is 4. The number of phenolic OH excluding ortho intramolecular Hbond substituents is 2. The van der Waals surface area contributed by atoms with Crippen molar-refractivity contribution in [2.75, 3.05) is 6.61 Å². The molecule has 65 heavy (non-hydrogen) atoms. The molecule has 0 unspecified atom stereocenters. The van der Waals surface area contributed by atoms with Gasteiger partial charge >= 0.3 is 0 Å². The van der Waals surface area contributed by atoms with Crippen molar-refractivity contribution < 1.29 is 73.3 Å². The number of aliphatic hydroxyl groups excluding tert-OH is 5. The Balaban J connectivity index is 0.877. The van der Waals surface area contributed by atoms with Crippen molar-refractivity contribution in [1.82, 2.24) is 0 Å². The van der Waals surface area contributed by atoms with Crippen LogP contribution >= 0.6 is 0 Å². The number of hydrogen-bond donors (Lipinski definition) is 7. The summed E-state index contributed by atoms with van der Waals surface area (Å²) in [5.74, 6) is 0.504. The van der Waals surface area contributed by atoms with Crippen LogP contribution in [-0.2, 0) is 39.6 Å². The highest BCUT2D eigenvalue weighted by molar-refractivity contribution is 6.12. The quantitative estimate of drug-likeness (QED) is 0.0545. The Labute approximate surface area is 381 Å². The van der Waals surface area contributed by atoms with E-state index in [9.17, 15) is 35.7 Å². The van der Waals surface area contributed by atoms with Gasteiger partial charge in [-0.25, -0.2) is 0 Å². The van der Waals surface area contributed by atoms with Gasteiger partial charge in [-0.3, -0.25) is 0 Å². The molecule has 5 heterocycles. The van der Waals surface area contributed by atoms with Crippen LogP contribution in [0.15, 0.2) is 46.9 Å². The molecule has 0 saturated carbocycles. The highest BCUT2D eigenvalue weighted by atomic mass is 16.7. The zero-order valence-corrected chi connectivity index (χ0v) is 39.0. The molecule has 3 aromatic rings. The maximum Gasteiger partial charge on any atom is 0.186 e. The van der Waals surface area contributed by atoms with Crippen molar-refractivity contribution in [1.29, 1.82) is 0 Å². The summed E-state index contributed by atoms with van der Waals surface area (Å²) in [7, 11) is 0. The van der Waals surface area contributed by atoms with Crippen LogP contribution in [0, 0.1) is 17.8 Å². The van der Waals surface area contributed by atoms with Crippen LogP contribution in [0.5, 0.6) is 11.5 Å². The van der Waals surface area contributed by atoms with Crippen molar-refractivity contribution >= 4 is 27.5 Å². The number of hydrogen-bond acceptors (Lipinski definition) is 15. The Morgan fingerprint density at radius 3 is 2.32 bits per heavy atom. The second-order valence-electron chi connectivity index (χ2n) is 19.2. The van der Waals surface area contributed by atoms with Gasteiger partial charge in [-0.15, -0.1) is 0 Å². The lowest BCUT2D eigenvalue weighted by Crippen LogP contribution is -2.59. The van der Waals surface area contributed by atoms with E-state index in [1.165, 1.54) is 0 Å². The number of aromatic hydroxyl groups is 2. The normalized spacial score (nSPS) is 35.4. The Hall–Kier alpha value is -3.16. The summed E-state index contributed by atoms with van der Waals surface area (Å²) in [5, 5.41) is 76.4. The highest BCUT2D eigenvalue weighted by Crippen LogP contribution is 2.43. The van der Waals surface area contributed by atoms with E-state index >= 15 is 0 Å². The lowest BCUT2D eigenvalue weighted by atomic mass is 9.94. The Morgan fingerprint density at radius 2 is 1.60 bits per heavy atom. The van der Waals surface area contributed by atoms with Gasteiger partial charge in [0.05, 0.1) is 60.1 Å². The van der Waals surface area contributed by atoms with Gasteiger partial charge in [-0.2, -0.15) is 0 Å². The van der Waals surface area contributed by atoms with Crippen LogP contribution in [0.3, 0.4) is 0 Å². The molecule has 362 valence electrons. The zero-order chi connectivity index (χ0) is 46.9. The predicted molar refractivity (Wildman–Crippen MR) is 242 cm³/mol. The molecule has 0 radical (unpaired) electrons. The summed E-state index contributed by atoms with van der Waals surface area (Å²) in [4.78, 5) is 0. The van der Waals surface area contributed by atoms with Gasteiger partial charge in [0.2, 0.25) is 0 Å². The van der Waals surface area contributed by atoms with Crippen molar-refractivity contribution in [3.63, 3.8) is 0 Å². The molecular formula is C50H72O15. The molecule has 15 heteroatoms. The summed E-state index contributed by atoms with van der Waals surface area (Å²) in [5.41, 5.74) is 3.34. The first-order valence-electron chi connectivity index (χ1n) is 23.6. The van der Waals surface area contributed by atoms with Crippen LogP contribution in [-0.4, -0.2) is 134 Å². The van der Waals surface area contributed by atoms with Gasteiger partial charge in [-0.05, 0) is 106 Å². The van der Waals surface area contributed by atoms with Gasteiger partial charge in [0.15, 0.2) is 18.9 Å². The lowest BCUT2D eigenvalue weighted by molar-refractivity contribution is -0.338. The average molecular weight is 913 g/mol. The highest BCUT2D eigenvalue weighted by Gasteiger charge is 2.47. The third kappa shape index (κ3) is 11.6. The summed E-state index contributed by atoms with van der Waals surface area (Å²) >= 11 is 0. The first-order valence-corrected chi connectivity index (χ1v) is 23.6. The van der Waals surface area contributed by atoms with Crippen molar-refractivity contribution in [3.8, 4) is 11.5 Å². The number of aliphatic hydroxyl groups is 5. The number of rotatable bonds is 18. The van der Waals surface area contributed by atoms with E-state index in [0.717, 1.165) is 24.0 Å². The number of phenols is 2. The number of fused-ring (bicyclic) bond motifs is 3. The first kappa shape index (κ1) is 49.7. The van der Waals surface area contributed by atoms with E-state index < -0.39 is 67.7 Å². The molecule has 2 aromatic carbocycles. The molecule has 4 aliphatic rings. The molecule has 4 saturated heterocycles. The maximum atomic E-state index is 11.5. The summed E-state index contributed by atoms with van der Waals surface area (Å²) in [6.45, 7) is 15.7. The number of ether oxygens (including phenoxy) is 7. The van der Waals surface area contributed by atoms with Crippen LogP contribution in [0.1, 0.15) is 105 Å². The van der Waals surface area contributed by atoms with Crippen molar-refractivity contribution in [3.05, 3.63) is 53.6 Å². The molecule has 1 aromatic heterocycles. The minimum Gasteiger partial charge on any atom is -0.507 e. The smallest absolute Gasteiger partial charge is 0.186 e. The predicted octanol–water partition coefficient (Wildman–Crippen LogP) is 6.36. The Kier molecular flexibility index (Phi) is 16.4. The topological polar surface area (TPSA) is 223 Å². The lowest BCUT2D eigenvalue weighted by Gasteiger charge is -2.44. The van der Waals surface area contributed by atoms with Gasteiger partial charge in [-0.1, -0.05) is 58.4 Å². The molecule has 0 spiro atoms. The van der Waals surface area contributed by atoms with Crippen LogP contribution in [0.2, 0.25) is 0 Å². The number of epoxide rings is 1. The van der Waals surface area contributed by atoms with E-state index in [-0.39, 0.29) is 66.7 Å². The van der Waals surface area contributed by atoms with Gasteiger partial charge in [0.1, 0.15) is 53.2 Å². The molecule has 4 fully saturated rings. The zero-order valence-electron chi connectivity index (χ0n) is 39.0. The maximum absolute atomic E-state index is 11.5. The van der Waals surface area contributed by atoms with Crippen LogP contribution in [0.4, 0.5) is 0 Å². The van der Waals surface area contributed by atoms with Crippen LogP contribution < -0.4 is 0 Å². The fourth-order valence-electron chi connectivity index (χ4n) is 9.33. The minimum absolute atomic E-state index is 0.00617. The monoisotopic (exact) mass is 912 g/mol. The third-order valence-corrected chi connectivity index (χ3v) is 13.9. The molecule has 18 atom stereocenters. The SMILES string of the molecule is CC[C@@H](C)[C@@H](O)[C@@H]1O[C@H]1C[C@H](C)C=CC=C(C)c1cc(O)c2c(c1)oc1ccc(CC[C@@H](C)CO[C@@H]3O[C@@H](C)[C@H](O[C@@H]4CC[C@H](O[C@H]5C[C@@H](O)[C@H](O)[C@@H](C)O5)[C@H](C)O4)[C@@H](O)[C@H]3O)c(O)c12. The summed E-state index contributed by atoms with van der Waals surface area (Å²) in [6, 6.07) is 7.18. The van der Waals surface area contributed by atoms with E-state index in [4.69, 9.17) is 37.6 Å². The van der Waals surface area contributed by atoms with Gasteiger partial charge < -0.3 is 73.3 Å². The van der Waals surface area contributed by atoms with Crippen molar-refractivity contribution in [2.24, 2.45) is 17.8 Å². The van der Waals surface area contributed by atoms with Gasteiger partial charge in [0.25, 0.3) is 0 Å².